The number of nitriles is 1. The van der Waals surface area contributed by atoms with Gasteiger partial charge in [-0.1, -0.05) is 19.3 Å². The Balaban J connectivity index is 2.35. The monoisotopic (exact) mass is 260 g/mol. The zero-order chi connectivity index (χ0) is 12.8. The fraction of sp³-hybridized carbons (Fsp3) is 0.909. The zero-order valence-electron chi connectivity index (χ0n) is 9.98. The molecule has 1 aliphatic carbocycles. The van der Waals surface area contributed by atoms with Gasteiger partial charge in [0.05, 0.1) is 17.4 Å². The minimum Gasteiger partial charge on any atom is -0.389 e. The van der Waals surface area contributed by atoms with Gasteiger partial charge in [-0.2, -0.15) is 5.26 Å². The minimum absolute atomic E-state index is 0.0450. The van der Waals surface area contributed by atoms with E-state index in [-0.39, 0.29) is 18.7 Å². The maximum atomic E-state index is 11.6. The van der Waals surface area contributed by atoms with E-state index in [0.717, 1.165) is 19.3 Å². The summed E-state index contributed by atoms with van der Waals surface area (Å²) in [5, 5.41) is 18.5. The molecule has 0 atom stereocenters. The molecule has 0 aromatic carbocycles. The molecular weight excluding hydrogens is 240 g/mol. The summed E-state index contributed by atoms with van der Waals surface area (Å²) in [6.45, 7) is 0.0991. The number of rotatable bonds is 6. The summed E-state index contributed by atoms with van der Waals surface area (Å²) in [5.74, 6) is -0.0450. The van der Waals surface area contributed by atoms with Gasteiger partial charge < -0.3 is 5.11 Å². The molecular formula is C11H20N2O3S. The highest BCUT2D eigenvalue weighted by Crippen LogP contribution is 2.27. The summed E-state index contributed by atoms with van der Waals surface area (Å²) in [4.78, 5) is 0. The average Bonchev–Trinajstić information content (AvgIpc) is 2.28. The van der Waals surface area contributed by atoms with Crippen LogP contribution in [0.25, 0.3) is 0 Å². The molecule has 1 saturated carbocycles. The Morgan fingerprint density at radius 2 is 1.94 bits per heavy atom. The molecule has 0 spiro atoms. The van der Waals surface area contributed by atoms with E-state index in [1.54, 1.807) is 0 Å². The van der Waals surface area contributed by atoms with Gasteiger partial charge in [-0.25, -0.2) is 13.1 Å². The highest BCUT2D eigenvalue weighted by molar-refractivity contribution is 7.89. The smallest absolute Gasteiger partial charge is 0.211 e. The topological polar surface area (TPSA) is 90.2 Å². The molecule has 1 aliphatic rings. The van der Waals surface area contributed by atoms with Crippen LogP contribution in [0.15, 0.2) is 0 Å². The fourth-order valence-corrected chi connectivity index (χ4v) is 3.20. The van der Waals surface area contributed by atoms with E-state index in [1.807, 2.05) is 6.07 Å². The van der Waals surface area contributed by atoms with Crippen LogP contribution in [0.2, 0.25) is 0 Å². The summed E-state index contributed by atoms with van der Waals surface area (Å²) in [6.07, 6.45) is 4.91. The quantitative estimate of drug-likeness (QED) is 0.694. The van der Waals surface area contributed by atoms with E-state index >= 15 is 0 Å². The number of hydrogen-bond acceptors (Lipinski definition) is 4. The van der Waals surface area contributed by atoms with E-state index < -0.39 is 15.6 Å². The number of sulfonamides is 1. The summed E-state index contributed by atoms with van der Waals surface area (Å²) < 4.78 is 25.6. The zero-order valence-corrected chi connectivity index (χ0v) is 10.8. The van der Waals surface area contributed by atoms with E-state index in [9.17, 15) is 13.5 Å². The average molecular weight is 260 g/mol. The second-order valence-corrected chi connectivity index (χ2v) is 6.61. The molecule has 0 aromatic heterocycles. The Hall–Kier alpha value is -0.640. The Morgan fingerprint density at radius 3 is 2.53 bits per heavy atom. The van der Waals surface area contributed by atoms with Gasteiger partial charge >= 0.3 is 0 Å². The maximum absolute atomic E-state index is 11.6. The predicted molar refractivity (Wildman–Crippen MR) is 64.7 cm³/mol. The van der Waals surface area contributed by atoms with Gasteiger partial charge in [0, 0.05) is 13.0 Å². The molecule has 0 aromatic rings. The lowest BCUT2D eigenvalue weighted by atomic mass is 9.85. The second-order valence-electron chi connectivity index (χ2n) is 4.69. The van der Waals surface area contributed by atoms with Crippen molar-refractivity contribution in [2.45, 2.75) is 50.5 Å². The molecule has 0 aliphatic heterocycles. The van der Waals surface area contributed by atoms with Gasteiger partial charge in [-0.15, -0.1) is 0 Å². The molecule has 5 nitrogen and oxygen atoms in total. The minimum atomic E-state index is -3.35. The molecule has 17 heavy (non-hydrogen) atoms. The standard InChI is InChI=1S/C11H20N2O3S/c12-8-4-5-9-17(15,16)13-10-11(14)6-2-1-3-7-11/h13-14H,1-7,9-10H2. The fourth-order valence-electron chi connectivity index (χ4n) is 2.04. The van der Waals surface area contributed by atoms with Crippen LogP contribution in [0.1, 0.15) is 44.9 Å². The van der Waals surface area contributed by atoms with Crippen LogP contribution >= 0.6 is 0 Å². The molecule has 0 heterocycles. The summed E-state index contributed by atoms with van der Waals surface area (Å²) >= 11 is 0. The molecule has 0 amide bonds. The lowest BCUT2D eigenvalue weighted by molar-refractivity contribution is 0.00946. The van der Waals surface area contributed by atoms with Gasteiger partial charge in [0.25, 0.3) is 0 Å². The number of nitrogens with one attached hydrogen (secondary N) is 1. The number of hydrogen-bond donors (Lipinski definition) is 2. The van der Waals surface area contributed by atoms with E-state index in [2.05, 4.69) is 4.72 Å². The Kier molecular flexibility index (Phi) is 5.37. The molecule has 0 unspecified atom stereocenters. The molecule has 0 radical (unpaired) electrons. The molecule has 6 heteroatoms. The van der Waals surface area contributed by atoms with Crippen molar-refractivity contribution in [3.63, 3.8) is 0 Å². The molecule has 98 valence electrons. The van der Waals surface area contributed by atoms with Crippen LogP contribution in [0.3, 0.4) is 0 Å². The normalized spacial score (nSPS) is 19.8. The van der Waals surface area contributed by atoms with Gasteiger partial charge in [0.15, 0.2) is 0 Å². The van der Waals surface area contributed by atoms with Crippen molar-refractivity contribution in [1.29, 1.82) is 5.26 Å². The van der Waals surface area contributed by atoms with Gasteiger partial charge in [0.1, 0.15) is 0 Å². The number of aliphatic hydroxyl groups is 1. The number of nitrogens with zero attached hydrogens (tertiary/aromatic N) is 1. The molecule has 0 saturated heterocycles. The van der Waals surface area contributed by atoms with E-state index in [4.69, 9.17) is 5.26 Å². The van der Waals surface area contributed by atoms with Gasteiger partial charge in [-0.05, 0) is 19.3 Å². The third-order valence-corrected chi connectivity index (χ3v) is 4.52. The molecule has 1 fully saturated rings. The Bertz CT molecular complexity index is 367. The van der Waals surface area contributed by atoms with E-state index in [0.29, 0.717) is 19.3 Å². The first-order chi connectivity index (χ1) is 7.97. The Morgan fingerprint density at radius 1 is 1.29 bits per heavy atom. The van der Waals surface area contributed by atoms with Crippen molar-refractivity contribution in [2.24, 2.45) is 0 Å². The van der Waals surface area contributed by atoms with Crippen molar-refractivity contribution in [1.82, 2.24) is 4.72 Å². The SMILES string of the molecule is N#CCCCS(=O)(=O)NCC1(O)CCCCC1. The second kappa shape index (κ2) is 6.34. The lowest BCUT2D eigenvalue weighted by Crippen LogP contribution is -2.44. The van der Waals surface area contributed by atoms with Crippen molar-refractivity contribution >= 4 is 10.0 Å². The van der Waals surface area contributed by atoms with Crippen LogP contribution in [-0.2, 0) is 10.0 Å². The summed E-state index contributed by atoms with van der Waals surface area (Å²) in [5.41, 5.74) is -0.874. The molecule has 2 N–H and O–H groups in total. The molecule has 1 rings (SSSR count). The first-order valence-corrected chi connectivity index (χ1v) is 7.69. The third-order valence-electron chi connectivity index (χ3n) is 3.11. The van der Waals surface area contributed by atoms with Gasteiger partial charge in [0.2, 0.25) is 10.0 Å². The first kappa shape index (κ1) is 14.4. The Labute approximate surface area is 103 Å². The largest absolute Gasteiger partial charge is 0.389 e. The number of unbranched alkanes of at least 4 members (excludes halogenated alkanes) is 1. The van der Waals surface area contributed by atoms with Gasteiger partial charge in [-0.3, -0.25) is 0 Å². The van der Waals surface area contributed by atoms with Crippen molar-refractivity contribution in [3.8, 4) is 6.07 Å². The van der Waals surface area contributed by atoms with E-state index in [1.165, 1.54) is 0 Å². The van der Waals surface area contributed by atoms with Crippen LogP contribution < -0.4 is 4.72 Å². The first-order valence-electron chi connectivity index (χ1n) is 6.04. The van der Waals surface area contributed by atoms with Crippen molar-refractivity contribution < 1.29 is 13.5 Å². The predicted octanol–water partition coefficient (Wildman–Crippen LogP) is 0.905. The third kappa shape index (κ3) is 5.48. The van der Waals surface area contributed by atoms with Crippen LogP contribution in [-0.4, -0.2) is 31.4 Å². The highest BCUT2D eigenvalue weighted by atomic mass is 32.2. The van der Waals surface area contributed by atoms with Crippen molar-refractivity contribution in [3.05, 3.63) is 0 Å². The lowest BCUT2D eigenvalue weighted by Gasteiger charge is -2.32. The maximum Gasteiger partial charge on any atom is 0.211 e. The van der Waals surface area contributed by atoms with Crippen LogP contribution in [0, 0.1) is 11.3 Å². The molecule has 0 bridgehead atoms. The van der Waals surface area contributed by atoms with Crippen molar-refractivity contribution in [2.75, 3.05) is 12.3 Å². The van der Waals surface area contributed by atoms with Crippen LogP contribution in [0.4, 0.5) is 0 Å². The summed E-state index contributed by atoms with van der Waals surface area (Å²) in [6, 6.07) is 1.91. The van der Waals surface area contributed by atoms with Crippen LogP contribution in [0.5, 0.6) is 0 Å². The summed E-state index contributed by atoms with van der Waals surface area (Å²) in [7, 11) is -3.35. The highest BCUT2D eigenvalue weighted by Gasteiger charge is 2.30.